The Balaban J connectivity index is 1.75. The van der Waals surface area contributed by atoms with Crippen molar-refractivity contribution >= 4 is 17.2 Å². The van der Waals surface area contributed by atoms with Crippen molar-refractivity contribution in [3.8, 4) is 10.6 Å². The minimum absolute atomic E-state index is 0.00489. The number of pyridine rings is 1. The minimum atomic E-state index is -4.64. The van der Waals surface area contributed by atoms with Crippen LogP contribution in [0.2, 0.25) is 0 Å². The highest BCUT2D eigenvalue weighted by atomic mass is 32.1. The maximum atomic E-state index is 14.0. The van der Waals surface area contributed by atoms with E-state index in [1.807, 2.05) is 0 Å². The Kier molecular flexibility index (Phi) is 5.08. The number of nitrogens with zero attached hydrogens (tertiary/aromatic N) is 2. The number of carbonyl (C=O) groups is 1. The molecule has 0 radical (unpaired) electrons. The van der Waals surface area contributed by atoms with Crippen molar-refractivity contribution in [3.63, 3.8) is 0 Å². The Morgan fingerprint density at radius 2 is 2.04 bits per heavy atom. The summed E-state index contributed by atoms with van der Waals surface area (Å²) < 4.78 is 52.7. The molecule has 0 saturated heterocycles. The molecule has 2 N–H and O–H groups in total. The number of amides is 1. The summed E-state index contributed by atoms with van der Waals surface area (Å²) in [5.74, 6) is -1.63. The van der Waals surface area contributed by atoms with Gasteiger partial charge in [0, 0.05) is 27.8 Å². The fourth-order valence-electron chi connectivity index (χ4n) is 2.24. The fourth-order valence-corrected chi connectivity index (χ4v) is 3.06. The van der Waals surface area contributed by atoms with E-state index < -0.39 is 23.5 Å². The summed E-state index contributed by atoms with van der Waals surface area (Å²) >= 11 is 0.936. The second-order valence-corrected chi connectivity index (χ2v) is 6.31. The predicted octanol–water partition coefficient (Wildman–Crippen LogP) is 3.42. The molecule has 1 aromatic carbocycles. The van der Waals surface area contributed by atoms with Gasteiger partial charge < -0.3 is 5.32 Å². The van der Waals surface area contributed by atoms with Crippen molar-refractivity contribution in [2.75, 3.05) is 0 Å². The molecule has 140 valence electrons. The van der Waals surface area contributed by atoms with Gasteiger partial charge in [-0.3, -0.25) is 10.0 Å². The van der Waals surface area contributed by atoms with Crippen molar-refractivity contribution in [3.05, 3.63) is 70.7 Å². The maximum absolute atomic E-state index is 14.0. The van der Waals surface area contributed by atoms with Crippen LogP contribution in [0.5, 0.6) is 0 Å². The fraction of sp³-hybridized carbons (Fsp3) is 0.118. The van der Waals surface area contributed by atoms with Crippen LogP contribution in [0, 0.1) is 5.82 Å². The first-order valence-electron chi connectivity index (χ1n) is 7.55. The molecule has 0 bridgehead atoms. The quantitative estimate of drug-likeness (QED) is 0.402. The molecule has 0 saturated carbocycles. The van der Waals surface area contributed by atoms with Crippen LogP contribution in [-0.2, 0) is 12.7 Å². The molecule has 2 heterocycles. The highest BCUT2D eigenvalue weighted by molar-refractivity contribution is 7.13. The number of alkyl halides is 3. The molecule has 0 aliphatic rings. The van der Waals surface area contributed by atoms with E-state index >= 15 is 0 Å². The molecule has 3 rings (SSSR count). The van der Waals surface area contributed by atoms with Gasteiger partial charge in [0.25, 0.3) is 11.6 Å². The lowest BCUT2D eigenvalue weighted by atomic mass is 10.1. The minimum Gasteiger partial charge on any atom is -0.340 e. The Bertz CT molecular complexity index is 988. The lowest BCUT2D eigenvalue weighted by molar-refractivity contribution is -0.909. The second-order valence-electron chi connectivity index (χ2n) is 5.45. The van der Waals surface area contributed by atoms with Gasteiger partial charge >= 0.3 is 6.18 Å². The van der Waals surface area contributed by atoms with E-state index in [0.29, 0.717) is 11.8 Å². The first-order chi connectivity index (χ1) is 12.8. The summed E-state index contributed by atoms with van der Waals surface area (Å²) in [5, 5.41) is 13.6. The Morgan fingerprint density at radius 1 is 1.26 bits per heavy atom. The van der Waals surface area contributed by atoms with Gasteiger partial charge in [-0.2, -0.15) is 13.2 Å². The summed E-state index contributed by atoms with van der Waals surface area (Å²) in [6.45, 7) is 0.0255. The zero-order valence-corrected chi connectivity index (χ0v) is 14.3. The first kappa shape index (κ1) is 18.8. The monoisotopic (exact) mass is 398 g/mol. The predicted molar refractivity (Wildman–Crippen MR) is 87.5 cm³/mol. The van der Waals surface area contributed by atoms with Gasteiger partial charge in [0.15, 0.2) is 0 Å². The van der Waals surface area contributed by atoms with E-state index in [1.165, 1.54) is 11.6 Å². The van der Waals surface area contributed by atoms with Crippen LogP contribution in [0.15, 0.2) is 48.0 Å². The summed E-state index contributed by atoms with van der Waals surface area (Å²) in [6, 6.07) is 7.03. The smallest absolute Gasteiger partial charge is 0.340 e. The number of thiazole rings is 1. The molecule has 3 aromatic rings. The average Bonchev–Trinajstić information content (AvgIpc) is 3.10. The SMILES string of the molecule is O=C(NCc1cccc[n+]1O)c1csc(-c2ccc(C(F)(F)F)cc2F)n1. The average molecular weight is 398 g/mol. The molecule has 0 spiro atoms. The maximum Gasteiger partial charge on any atom is 0.416 e. The number of benzene rings is 1. The summed E-state index contributed by atoms with van der Waals surface area (Å²) in [4.78, 5) is 16.1. The largest absolute Gasteiger partial charge is 0.416 e. The molecule has 0 fully saturated rings. The topological polar surface area (TPSA) is 66.1 Å². The second kappa shape index (κ2) is 7.31. The lowest BCUT2D eigenvalue weighted by Crippen LogP contribution is -2.38. The van der Waals surface area contributed by atoms with Crippen LogP contribution in [0.25, 0.3) is 10.6 Å². The van der Waals surface area contributed by atoms with Gasteiger partial charge in [0.1, 0.15) is 23.1 Å². The molecule has 0 aliphatic carbocycles. The zero-order chi connectivity index (χ0) is 19.6. The van der Waals surface area contributed by atoms with Crippen molar-refractivity contribution in [2.24, 2.45) is 0 Å². The molecule has 2 aromatic heterocycles. The lowest BCUT2D eigenvalue weighted by Gasteiger charge is -2.07. The zero-order valence-electron chi connectivity index (χ0n) is 13.5. The van der Waals surface area contributed by atoms with Crippen molar-refractivity contribution in [2.45, 2.75) is 12.7 Å². The van der Waals surface area contributed by atoms with E-state index in [9.17, 15) is 27.6 Å². The molecule has 0 unspecified atom stereocenters. The first-order valence-corrected chi connectivity index (χ1v) is 8.43. The highest BCUT2D eigenvalue weighted by Crippen LogP contribution is 2.33. The number of aromatic nitrogens is 2. The molecule has 10 heteroatoms. The highest BCUT2D eigenvalue weighted by Gasteiger charge is 2.31. The van der Waals surface area contributed by atoms with Crippen LogP contribution in [0.3, 0.4) is 0 Å². The van der Waals surface area contributed by atoms with E-state index in [-0.39, 0.29) is 22.8 Å². The molecule has 1 amide bonds. The van der Waals surface area contributed by atoms with Crippen molar-refractivity contribution < 1.29 is 32.3 Å². The van der Waals surface area contributed by atoms with Crippen LogP contribution in [0.4, 0.5) is 17.6 Å². The molecule has 5 nitrogen and oxygen atoms in total. The number of carbonyl (C=O) groups excluding carboxylic acids is 1. The van der Waals surface area contributed by atoms with Gasteiger partial charge in [0.05, 0.1) is 5.56 Å². The molecular formula is C17H12F4N3O2S+. The summed E-state index contributed by atoms with van der Waals surface area (Å²) in [6.07, 6.45) is -3.25. The van der Waals surface area contributed by atoms with Crippen LogP contribution in [-0.4, -0.2) is 16.1 Å². The molecule has 0 atom stereocenters. The number of nitrogens with one attached hydrogen (secondary N) is 1. The third-order valence-corrected chi connectivity index (χ3v) is 4.49. The van der Waals surface area contributed by atoms with Gasteiger partial charge in [-0.15, -0.1) is 11.3 Å². The number of hydrogen-bond donors (Lipinski definition) is 2. The number of rotatable bonds is 4. The van der Waals surface area contributed by atoms with Gasteiger partial charge in [-0.05, 0) is 24.3 Å². The van der Waals surface area contributed by atoms with E-state index in [2.05, 4.69) is 10.3 Å². The van der Waals surface area contributed by atoms with E-state index in [0.717, 1.165) is 28.2 Å². The molecule has 0 aliphatic heterocycles. The molecular weight excluding hydrogens is 386 g/mol. The number of halogens is 4. The van der Waals surface area contributed by atoms with E-state index in [1.54, 1.807) is 18.2 Å². The van der Waals surface area contributed by atoms with Crippen molar-refractivity contribution in [1.82, 2.24) is 10.3 Å². The Labute approximate surface area is 154 Å². The van der Waals surface area contributed by atoms with Gasteiger partial charge in [-0.25, -0.2) is 9.37 Å². The summed E-state index contributed by atoms with van der Waals surface area (Å²) in [7, 11) is 0. The normalized spacial score (nSPS) is 11.4. The third kappa shape index (κ3) is 4.22. The molecule has 27 heavy (non-hydrogen) atoms. The Hall–Kier alpha value is -3.01. The van der Waals surface area contributed by atoms with Crippen LogP contribution >= 0.6 is 11.3 Å². The van der Waals surface area contributed by atoms with E-state index in [4.69, 9.17) is 0 Å². The standard InChI is InChI=1S/C17H11F4N3O2S/c18-13-7-10(17(19,20)21)4-5-12(13)16-23-14(9-27-16)15(25)22-8-11-3-1-2-6-24(11)26/h1-7,9H,8H2,(H-,22,25,26)/p+1. The number of hydrogen-bond acceptors (Lipinski definition) is 4. The summed E-state index contributed by atoms with van der Waals surface area (Å²) in [5.41, 5.74) is -0.799. The third-order valence-electron chi connectivity index (χ3n) is 3.61. The van der Waals surface area contributed by atoms with Crippen LogP contribution < -0.4 is 10.0 Å². The van der Waals surface area contributed by atoms with Crippen LogP contribution in [0.1, 0.15) is 21.7 Å². The van der Waals surface area contributed by atoms with Crippen molar-refractivity contribution in [1.29, 1.82) is 0 Å². The van der Waals surface area contributed by atoms with Gasteiger partial charge in [-0.1, -0.05) is 0 Å². The van der Waals surface area contributed by atoms with Gasteiger partial charge in [0.2, 0.25) is 6.20 Å². The Morgan fingerprint density at radius 3 is 2.70 bits per heavy atom.